The first-order valence-corrected chi connectivity index (χ1v) is 11.1. The maximum absolute atomic E-state index is 10.4. The zero-order valence-corrected chi connectivity index (χ0v) is 19.3. The molecule has 0 atom stereocenters. The Morgan fingerprint density at radius 2 is 1.58 bits per heavy atom. The van der Waals surface area contributed by atoms with Gasteiger partial charge in [0.05, 0.1) is 27.9 Å². The molecule has 0 bridgehead atoms. The van der Waals surface area contributed by atoms with Crippen LogP contribution in [0.4, 0.5) is 0 Å². The maximum Gasteiger partial charge on any atom is 0.309 e. The molecule has 0 aliphatic carbocycles. The van der Waals surface area contributed by atoms with E-state index in [1.807, 2.05) is 13.8 Å². The molecule has 0 fully saturated rings. The Kier molecular flexibility index (Phi) is 4.25. The van der Waals surface area contributed by atoms with Crippen LogP contribution in [0.3, 0.4) is 0 Å². The van der Waals surface area contributed by atoms with Crippen LogP contribution in [0.5, 0.6) is 0 Å². The average molecular weight is 411 g/mol. The Bertz CT molecular complexity index is 1320. The van der Waals surface area contributed by atoms with Gasteiger partial charge in [-0.2, -0.15) is 0 Å². The minimum Gasteiger partial charge on any atom is -0.427 e. The zero-order chi connectivity index (χ0) is 22.2. The summed E-state index contributed by atoms with van der Waals surface area (Å²) in [4.78, 5) is 0. The van der Waals surface area contributed by atoms with Gasteiger partial charge in [0.1, 0.15) is 0 Å². The Hall–Kier alpha value is -2.56. The predicted octanol–water partition coefficient (Wildman–Crippen LogP) is 4.97. The molecule has 0 unspecified atom stereocenters. The Morgan fingerprint density at radius 1 is 0.871 bits per heavy atom. The van der Waals surface area contributed by atoms with Crippen LogP contribution in [0, 0.1) is 0 Å². The fourth-order valence-corrected chi connectivity index (χ4v) is 4.73. The van der Waals surface area contributed by atoms with Gasteiger partial charge in [-0.1, -0.05) is 67.8 Å². The molecule has 0 saturated carbocycles. The van der Waals surface area contributed by atoms with E-state index in [1.165, 1.54) is 38.6 Å². The average Bonchev–Trinajstić information content (AvgIpc) is 3.05. The standard InChI is InChI=1S/C27H30BNO2/c1-25(2)20-12-9-11-19-18-10-7-8-13-22(18)29(24(19)20)23-15-14-17(16-21(23)25)28-31-27(5,6)26(3,4)30/h7-16,28,30H,1-6H3. The van der Waals surface area contributed by atoms with Crippen LogP contribution in [0.25, 0.3) is 27.5 Å². The highest BCUT2D eigenvalue weighted by Gasteiger charge is 2.37. The van der Waals surface area contributed by atoms with Crippen molar-refractivity contribution in [3.63, 3.8) is 0 Å². The van der Waals surface area contributed by atoms with E-state index in [0.29, 0.717) is 7.48 Å². The van der Waals surface area contributed by atoms with Gasteiger partial charge >= 0.3 is 7.48 Å². The highest BCUT2D eigenvalue weighted by atomic mass is 16.5. The first-order valence-electron chi connectivity index (χ1n) is 11.1. The van der Waals surface area contributed by atoms with E-state index in [2.05, 4.69) is 79.1 Å². The van der Waals surface area contributed by atoms with E-state index in [9.17, 15) is 5.11 Å². The van der Waals surface area contributed by atoms with Crippen molar-refractivity contribution in [2.45, 2.75) is 58.2 Å². The second kappa shape index (κ2) is 6.47. The molecule has 0 radical (unpaired) electrons. The molecule has 2 heterocycles. The highest BCUT2D eigenvalue weighted by Crippen LogP contribution is 2.46. The van der Waals surface area contributed by atoms with Gasteiger partial charge in [0.15, 0.2) is 0 Å². The number of hydrogen-bond donors (Lipinski definition) is 1. The summed E-state index contributed by atoms with van der Waals surface area (Å²) < 4.78 is 8.59. The van der Waals surface area contributed by atoms with E-state index < -0.39 is 11.2 Å². The third kappa shape index (κ3) is 2.89. The minimum absolute atomic E-state index is 0.124. The monoisotopic (exact) mass is 411 g/mol. The van der Waals surface area contributed by atoms with Gasteiger partial charge in [-0.15, -0.1) is 0 Å². The van der Waals surface area contributed by atoms with Crippen LogP contribution in [0.2, 0.25) is 0 Å². The molecule has 0 spiro atoms. The molecule has 3 nitrogen and oxygen atoms in total. The van der Waals surface area contributed by atoms with Crippen molar-refractivity contribution in [1.29, 1.82) is 0 Å². The lowest BCUT2D eigenvalue weighted by molar-refractivity contribution is -0.0893. The Balaban J connectivity index is 1.68. The van der Waals surface area contributed by atoms with Crippen molar-refractivity contribution in [1.82, 2.24) is 4.57 Å². The van der Waals surface area contributed by atoms with Gasteiger partial charge in [-0.25, -0.2) is 0 Å². The van der Waals surface area contributed by atoms with E-state index in [0.717, 1.165) is 5.46 Å². The molecule has 1 aliphatic rings. The molecule has 5 rings (SSSR count). The second-order valence-electron chi connectivity index (χ2n) is 10.4. The van der Waals surface area contributed by atoms with Crippen LogP contribution in [0.1, 0.15) is 52.7 Å². The van der Waals surface area contributed by atoms with Crippen LogP contribution < -0.4 is 5.46 Å². The molecular weight excluding hydrogens is 381 g/mol. The molecule has 1 aliphatic heterocycles. The lowest BCUT2D eigenvalue weighted by Gasteiger charge is -2.38. The van der Waals surface area contributed by atoms with E-state index in [-0.39, 0.29) is 5.41 Å². The van der Waals surface area contributed by atoms with Gasteiger partial charge < -0.3 is 14.3 Å². The summed E-state index contributed by atoms with van der Waals surface area (Å²) in [5, 5.41) is 13.0. The van der Waals surface area contributed by atoms with Crippen LogP contribution in [0.15, 0.2) is 60.7 Å². The number of para-hydroxylation sites is 2. The van der Waals surface area contributed by atoms with Crippen LogP contribution >= 0.6 is 0 Å². The number of benzene rings is 3. The molecule has 4 aromatic rings. The summed E-state index contributed by atoms with van der Waals surface area (Å²) in [5.41, 5.74) is 5.88. The van der Waals surface area contributed by atoms with Crippen molar-refractivity contribution >= 4 is 34.8 Å². The van der Waals surface area contributed by atoms with Crippen LogP contribution in [-0.2, 0) is 10.1 Å². The summed E-state index contributed by atoms with van der Waals surface area (Å²) >= 11 is 0. The molecule has 0 amide bonds. The molecule has 0 saturated heterocycles. The molecule has 4 heteroatoms. The number of aromatic nitrogens is 1. The summed E-state index contributed by atoms with van der Waals surface area (Å²) in [5.74, 6) is 0. The van der Waals surface area contributed by atoms with Crippen molar-refractivity contribution in [3.8, 4) is 5.69 Å². The lowest BCUT2D eigenvalue weighted by Crippen LogP contribution is -2.49. The SMILES string of the molecule is CC1(C)c2cc(BOC(C)(C)C(C)(C)O)ccc2-n2c3ccccc3c3cccc1c32. The van der Waals surface area contributed by atoms with Crippen molar-refractivity contribution in [2.24, 2.45) is 0 Å². The van der Waals surface area contributed by atoms with Gasteiger partial charge in [-0.3, -0.25) is 0 Å². The summed E-state index contributed by atoms with van der Waals surface area (Å²) in [7, 11) is 0.462. The number of rotatable bonds is 4. The van der Waals surface area contributed by atoms with Gasteiger partial charge in [0.25, 0.3) is 0 Å². The number of hydrogen-bond acceptors (Lipinski definition) is 2. The van der Waals surface area contributed by atoms with Crippen molar-refractivity contribution in [3.05, 3.63) is 71.8 Å². The molecule has 3 aromatic carbocycles. The normalized spacial score (nSPS) is 15.3. The molecule has 1 N–H and O–H groups in total. The Labute approximate surface area is 184 Å². The lowest BCUT2D eigenvalue weighted by atomic mass is 9.72. The largest absolute Gasteiger partial charge is 0.427 e. The van der Waals surface area contributed by atoms with Gasteiger partial charge in [-0.05, 0) is 51.0 Å². The van der Waals surface area contributed by atoms with Gasteiger partial charge in [0.2, 0.25) is 0 Å². The third-order valence-corrected chi connectivity index (χ3v) is 7.42. The third-order valence-electron chi connectivity index (χ3n) is 7.42. The van der Waals surface area contributed by atoms with E-state index in [4.69, 9.17) is 4.65 Å². The number of nitrogens with zero attached hydrogens (tertiary/aromatic N) is 1. The first kappa shape index (κ1) is 20.4. The maximum atomic E-state index is 10.4. The quantitative estimate of drug-likeness (QED) is 0.482. The van der Waals surface area contributed by atoms with Crippen molar-refractivity contribution < 1.29 is 9.76 Å². The van der Waals surface area contributed by atoms with Gasteiger partial charge in [0, 0.05) is 16.2 Å². The zero-order valence-electron chi connectivity index (χ0n) is 19.3. The van der Waals surface area contributed by atoms with Crippen molar-refractivity contribution in [2.75, 3.05) is 0 Å². The highest BCUT2D eigenvalue weighted by molar-refractivity contribution is 6.47. The fourth-order valence-electron chi connectivity index (χ4n) is 4.73. The second-order valence-corrected chi connectivity index (χ2v) is 10.4. The minimum atomic E-state index is -0.922. The summed E-state index contributed by atoms with van der Waals surface area (Å²) in [6.45, 7) is 12.1. The topological polar surface area (TPSA) is 34.4 Å². The number of aliphatic hydroxyl groups is 1. The predicted molar refractivity (Wildman–Crippen MR) is 131 cm³/mol. The Morgan fingerprint density at radius 3 is 2.32 bits per heavy atom. The van der Waals surface area contributed by atoms with E-state index >= 15 is 0 Å². The number of fused-ring (bicyclic) bond motifs is 5. The smallest absolute Gasteiger partial charge is 0.309 e. The molecule has 1 aromatic heterocycles. The fraction of sp³-hybridized carbons (Fsp3) is 0.333. The summed E-state index contributed by atoms with van der Waals surface area (Å²) in [6.07, 6.45) is 0. The van der Waals surface area contributed by atoms with E-state index in [1.54, 1.807) is 13.8 Å². The summed E-state index contributed by atoms with van der Waals surface area (Å²) in [6, 6.07) is 22.0. The molecular formula is C27H30BNO2. The first-order chi connectivity index (χ1) is 14.5. The molecule has 31 heavy (non-hydrogen) atoms. The van der Waals surface area contributed by atoms with Crippen LogP contribution in [-0.4, -0.2) is 28.4 Å². The molecule has 158 valence electrons.